The molecule has 5 atom stereocenters. The van der Waals surface area contributed by atoms with E-state index in [1.54, 1.807) is 36.0 Å². The van der Waals surface area contributed by atoms with Gasteiger partial charge in [0.05, 0.1) is 21.7 Å². The maximum absolute atomic E-state index is 13.2. The van der Waals surface area contributed by atoms with Crippen molar-refractivity contribution < 1.29 is 14.4 Å². The molecule has 4 aliphatic rings. The van der Waals surface area contributed by atoms with E-state index in [1.807, 2.05) is 0 Å². The van der Waals surface area contributed by atoms with E-state index in [9.17, 15) is 19.2 Å². The van der Waals surface area contributed by atoms with Gasteiger partial charge in [0.1, 0.15) is 0 Å². The Labute approximate surface area is 196 Å². The molecular weight excluding hydrogens is 470 g/mol. The van der Waals surface area contributed by atoms with Crippen LogP contribution >= 0.6 is 34.7 Å². The number of H-pyrrole nitrogens is 1. The van der Waals surface area contributed by atoms with Crippen molar-refractivity contribution in [3.05, 3.63) is 49.4 Å². The molecule has 1 aromatic carbocycles. The number of nitrogens with zero attached hydrogens (tertiary/aromatic N) is 1. The SMILES string of the molecule is O=C(CCN1C(=O)[C@@H]2[C@@H](C1=O)[C@@H]1C[C@@H]2C2=Cc3sc(=O)[nH]c3S[C@H]21)Nc1ccc(Cl)cc1. The number of likely N-dealkylation sites (tertiary alicyclic amines) is 1. The number of amides is 3. The van der Waals surface area contributed by atoms with E-state index in [2.05, 4.69) is 16.4 Å². The van der Waals surface area contributed by atoms with E-state index in [0.29, 0.717) is 10.7 Å². The zero-order valence-corrected chi connectivity index (χ0v) is 19.1. The lowest BCUT2D eigenvalue weighted by atomic mass is 9.77. The highest BCUT2D eigenvalue weighted by molar-refractivity contribution is 8.00. The van der Waals surface area contributed by atoms with Crippen LogP contribution in [0.1, 0.15) is 17.7 Å². The number of benzene rings is 1. The fourth-order valence-corrected chi connectivity index (χ4v) is 8.24. The van der Waals surface area contributed by atoms with Gasteiger partial charge >= 0.3 is 4.87 Å². The number of thiazole rings is 1. The predicted molar refractivity (Wildman–Crippen MR) is 123 cm³/mol. The molecule has 2 bridgehead atoms. The molecule has 32 heavy (non-hydrogen) atoms. The first kappa shape index (κ1) is 20.3. The highest BCUT2D eigenvalue weighted by Crippen LogP contribution is 2.64. The molecule has 2 saturated carbocycles. The first-order chi connectivity index (χ1) is 15.4. The van der Waals surface area contributed by atoms with Gasteiger partial charge in [-0.05, 0) is 48.6 Å². The highest BCUT2D eigenvalue weighted by Gasteiger charge is 2.66. The number of aromatic amines is 1. The molecule has 3 amide bonds. The van der Waals surface area contributed by atoms with Crippen LogP contribution < -0.4 is 10.2 Å². The number of rotatable bonds is 4. The van der Waals surface area contributed by atoms with E-state index >= 15 is 0 Å². The second kappa shape index (κ2) is 7.33. The smallest absolute Gasteiger partial charge is 0.305 e. The third kappa shape index (κ3) is 3.02. The fraction of sp³-hybridized carbons (Fsp3) is 0.364. The quantitative estimate of drug-likeness (QED) is 0.645. The monoisotopic (exact) mass is 487 g/mol. The Kier molecular flexibility index (Phi) is 4.64. The number of halogens is 1. The van der Waals surface area contributed by atoms with E-state index < -0.39 is 0 Å². The summed E-state index contributed by atoms with van der Waals surface area (Å²) in [5, 5.41) is 4.34. The van der Waals surface area contributed by atoms with Crippen LogP contribution in [0.2, 0.25) is 5.02 Å². The molecule has 3 fully saturated rings. The molecule has 6 rings (SSSR count). The van der Waals surface area contributed by atoms with E-state index in [0.717, 1.165) is 16.3 Å². The van der Waals surface area contributed by atoms with Gasteiger partial charge in [-0.25, -0.2) is 0 Å². The van der Waals surface area contributed by atoms with Crippen molar-refractivity contribution in [1.82, 2.24) is 9.88 Å². The Balaban J connectivity index is 1.17. The number of aromatic nitrogens is 1. The van der Waals surface area contributed by atoms with Gasteiger partial charge in [-0.15, -0.1) is 0 Å². The Morgan fingerprint density at radius 1 is 1.16 bits per heavy atom. The number of hydrogen-bond donors (Lipinski definition) is 2. The number of anilines is 1. The van der Waals surface area contributed by atoms with Gasteiger partial charge in [-0.1, -0.05) is 40.3 Å². The predicted octanol–water partition coefficient (Wildman–Crippen LogP) is 3.23. The van der Waals surface area contributed by atoms with Gasteiger partial charge in [0.2, 0.25) is 17.7 Å². The molecule has 0 radical (unpaired) electrons. The van der Waals surface area contributed by atoms with E-state index in [4.69, 9.17) is 11.6 Å². The summed E-state index contributed by atoms with van der Waals surface area (Å²) in [6.07, 6.45) is 2.94. The topological polar surface area (TPSA) is 99.3 Å². The third-order valence-corrected chi connectivity index (χ3v) is 9.57. The summed E-state index contributed by atoms with van der Waals surface area (Å²) in [5.74, 6) is -1.12. The molecule has 2 aliphatic heterocycles. The van der Waals surface area contributed by atoms with Crippen molar-refractivity contribution in [1.29, 1.82) is 0 Å². The third-order valence-electron chi connectivity index (χ3n) is 6.93. The Morgan fingerprint density at radius 2 is 1.91 bits per heavy atom. The molecule has 1 aromatic heterocycles. The molecular formula is C22H18ClN3O4S2. The fourth-order valence-electron chi connectivity index (χ4n) is 5.67. The molecule has 2 aromatic rings. The maximum atomic E-state index is 13.2. The average Bonchev–Trinajstić information content (AvgIpc) is 3.47. The van der Waals surface area contributed by atoms with Gasteiger partial charge in [0.25, 0.3) is 0 Å². The van der Waals surface area contributed by atoms with Gasteiger partial charge in [-0.3, -0.25) is 24.1 Å². The largest absolute Gasteiger partial charge is 0.326 e. The summed E-state index contributed by atoms with van der Waals surface area (Å²) in [5.41, 5.74) is 1.81. The molecule has 0 unspecified atom stereocenters. The van der Waals surface area contributed by atoms with Gasteiger partial charge in [0, 0.05) is 28.9 Å². The van der Waals surface area contributed by atoms with Crippen molar-refractivity contribution in [2.45, 2.75) is 23.1 Å². The molecule has 164 valence electrons. The molecule has 1 saturated heterocycles. The van der Waals surface area contributed by atoms with Crippen molar-refractivity contribution >= 4 is 64.2 Å². The van der Waals surface area contributed by atoms with Crippen molar-refractivity contribution in [3.8, 4) is 0 Å². The average molecular weight is 488 g/mol. The molecule has 2 aliphatic carbocycles. The van der Waals surface area contributed by atoms with Crippen LogP contribution in [0.3, 0.4) is 0 Å². The Bertz CT molecular complexity index is 1250. The summed E-state index contributed by atoms with van der Waals surface area (Å²) < 4.78 is 0. The van der Waals surface area contributed by atoms with Crippen molar-refractivity contribution in [3.63, 3.8) is 0 Å². The highest BCUT2D eigenvalue weighted by atomic mass is 35.5. The van der Waals surface area contributed by atoms with E-state index in [-0.39, 0.29) is 64.5 Å². The number of carbonyl (C=O) groups excluding carboxylic acids is 3. The number of imide groups is 1. The molecule has 0 spiro atoms. The number of nitrogens with one attached hydrogen (secondary N) is 2. The zero-order chi connectivity index (χ0) is 22.1. The standard InChI is InChI=1S/C22H18ClN3O4S2/c23-9-1-3-10(4-2-9)24-15(27)5-6-26-20(28)16-11-7-13(17(16)21(26)29)18-12(11)8-14-19(32-18)25-22(30)31-14/h1-4,8,11,13,16-18H,5-7H2,(H,24,27)(H,25,30)/t11-,13+,16+,17+,18-/m1/s1. The number of fused-ring (bicyclic) bond motifs is 9. The minimum absolute atomic E-state index is 0.0391. The molecule has 3 heterocycles. The first-order valence-corrected chi connectivity index (χ1v) is 12.5. The van der Waals surface area contributed by atoms with Crippen LogP contribution in [0.4, 0.5) is 5.69 Å². The van der Waals surface area contributed by atoms with Gasteiger partial charge in [-0.2, -0.15) is 0 Å². The van der Waals surface area contributed by atoms with Gasteiger partial charge < -0.3 is 10.3 Å². The van der Waals surface area contributed by atoms with Gasteiger partial charge in [0.15, 0.2) is 0 Å². The second-order valence-corrected chi connectivity index (χ2v) is 11.2. The lowest BCUT2D eigenvalue weighted by molar-refractivity contribution is -0.140. The summed E-state index contributed by atoms with van der Waals surface area (Å²) in [4.78, 5) is 55.5. The van der Waals surface area contributed by atoms with Crippen LogP contribution in [-0.2, 0) is 14.4 Å². The molecule has 7 nitrogen and oxygen atoms in total. The van der Waals surface area contributed by atoms with Crippen LogP contribution in [0, 0.1) is 23.7 Å². The Morgan fingerprint density at radius 3 is 2.69 bits per heavy atom. The van der Waals surface area contributed by atoms with Crippen molar-refractivity contribution in [2.24, 2.45) is 23.7 Å². The van der Waals surface area contributed by atoms with E-state index in [1.165, 1.54) is 21.8 Å². The summed E-state index contributed by atoms with van der Waals surface area (Å²) in [6, 6.07) is 6.77. The summed E-state index contributed by atoms with van der Waals surface area (Å²) in [6.45, 7) is 0.0844. The van der Waals surface area contributed by atoms with Crippen molar-refractivity contribution in [2.75, 3.05) is 11.9 Å². The van der Waals surface area contributed by atoms with Crippen LogP contribution in [0.5, 0.6) is 0 Å². The van der Waals surface area contributed by atoms with Crippen LogP contribution in [-0.4, -0.2) is 39.4 Å². The number of thioether (sulfide) groups is 1. The zero-order valence-electron chi connectivity index (χ0n) is 16.7. The van der Waals surface area contributed by atoms with Crippen LogP contribution in [0.25, 0.3) is 6.08 Å². The number of carbonyl (C=O) groups is 3. The minimum Gasteiger partial charge on any atom is -0.326 e. The second-order valence-electron chi connectivity index (χ2n) is 8.58. The summed E-state index contributed by atoms with van der Waals surface area (Å²) >= 11 is 8.66. The lowest BCUT2D eigenvalue weighted by Crippen LogP contribution is -2.35. The van der Waals surface area contributed by atoms with Crippen LogP contribution in [0.15, 0.2) is 39.7 Å². The maximum Gasteiger partial charge on any atom is 0.305 e. The lowest BCUT2D eigenvalue weighted by Gasteiger charge is -2.32. The molecule has 10 heteroatoms. The number of hydrogen-bond acceptors (Lipinski definition) is 6. The normalized spacial score (nSPS) is 29.6. The minimum atomic E-state index is -0.341. The Hall–Kier alpha value is -2.36. The summed E-state index contributed by atoms with van der Waals surface area (Å²) in [7, 11) is 0. The first-order valence-electron chi connectivity index (χ1n) is 10.4. The molecule has 2 N–H and O–H groups in total.